The Balaban J connectivity index is 2.61. The lowest BCUT2D eigenvalue weighted by Crippen LogP contribution is -2.28. The molecule has 3 N–H and O–H groups in total. The normalized spacial score (nSPS) is 12.5. The summed E-state index contributed by atoms with van der Waals surface area (Å²) in [5, 5.41) is 20.9. The highest BCUT2D eigenvalue weighted by atomic mass is 79.9. The van der Waals surface area contributed by atoms with Gasteiger partial charge in [-0.15, -0.1) is 0 Å². The van der Waals surface area contributed by atoms with Crippen LogP contribution in [0.25, 0.3) is 0 Å². The Labute approximate surface area is 117 Å². The molecule has 0 bridgehead atoms. The van der Waals surface area contributed by atoms with Crippen molar-refractivity contribution in [3.05, 3.63) is 26.6 Å². The number of methoxy groups -OCH3 is 1. The third kappa shape index (κ3) is 4.56. The Morgan fingerprint density at radius 3 is 2.41 bits per heavy atom. The number of rotatable bonds is 6. The van der Waals surface area contributed by atoms with E-state index in [1.165, 1.54) is 0 Å². The molecule has 1 rings (SSSR count). The van der Waals surface area contributed by atoms with Gasteiger partial charge in [0.1, 0.15) is 5.75 Å². The number of hydrogen-bond acceptors (Lipinski definition) is 4. The summed E-state index contributed by atoms with van der Waals surface area (Å²) in [4.78, 5) is 0. The number of hydrogen-bond donors (Lipinski definition) is 3. The molecular weight excluding hydrogens is 354 g/mol. The first kappa shape index (κ1) is 14.9. The summed E-state index contributed by atoms with van der Waals surface area (Å²) in [6.45, 7) is 0.735. The lowest BCUT2D eigenvalue weighted by Gasteiger charge is -2.11. The standard InChI is InChI=1S/C11H15Br2NO3/c1-17-11-9(12)2-7(3-10(11)13)4-14-5-8(16)6-15/h2-3,8,14-16H,4-6H2,1H3. The molecule has 0 saturated carbocycles. The van der Waals surface area contributed by atoms with E-state index < -0.39 is 6.10 Å². The monoisotopic (exact) mass is 367 g/mol. The topological polar surface area (TPSA) is 61.7 Å². The minimum absolute atomic E-state index is 0.233. The van der Waals surface area contributed by atoms with Gasteiger partial charge in [0.2, 0.25) is 0 Å². The molecule has 0 fully saturated rings. The average molecular weight is 369 g/mol. The molecule has 0 heterocycles. The van der Waals surface area contributed by atoms with Crippen LogP contribution >= 0.6 is 31.9 Å². The van der Waals surface area contributed by atoms with E-state index in [0.29, 0.717) is 13.1 Å². The maximum Gasteiger partial charge on any atom is 0.147 e. The summed E-state index contributed by atoms with van der Waals surface area (Å²) >= 11 is 6.84. The van der Waals surface area contributed by atoms with Crippen LogP contribution in [0, 0.1) is 0 Å². The zero-order chi connectivity index (χ0) is 12.8. The second-order valence-corrected chi connectivity index (χ2v) is 5.27. The largest absolute Gasteiger partial charge is 0.494 e. The summed E-state index contributed by atoms with van der Waals surface area (Å²) in [7, 11) is 1.61. The van der Waals surface area contributed by atoms with E-state index in [4.69, 9.17) is 9.84 Å². The van der Waals surface area contributed by atoms with Crippen molar-refractivity contribution >= 4 is 31.9 Å². The van der Waals surface area contributed by atoms with Crippen molar-refractivity contribution in [1.82, 2.24) is 5.32 Å². The second-order valence-electron chi connectivity index (χ2n) is 3.56. The highest BCUT2D eigenvalue weighted by molar-refractivity contribution is 9.11. The van der Waals surface area contributed by atoms with E-state index in [-0.39, 0.29) is 6.61 Å². The molecule has 1 aromatic rings. The van der Waals surface area contributed by atoms with Gasteiger partial charge in [0.05, 0.1) is 28.8 Å². The molecule has 0 aliphatic heterocycles. The Kier molecular flexibility index (Phi) is 6.43. The van der Waals surface area contributed by atoms with Crippen LogP contribution in [0.5, 0.6) is 5.75 Å². The molecule has 0 aliphatic carbocycles. The van der Waals surface area contributed by atoms with Gasteiger partial charge < -0.3 is 20.3 Å². The van der Waals surface area contributed by atoms with E-state index in [9.17, 15) is 5.11 Å². The molecule has 0 saturated heterocycles. The van der Waals surface area contributed by atoms with Gasteiger partial charge in [-0.05, 0) is 49.6 Å². The van der Waals surface area contributed by atoms with Gasteiger partial charge in [0, 0.05) is 13.1 Å². The van der Waals surface area contributed by atoms with Crippen molar-refractivity contribution in [3.8, 4) is 5.75 Å². The number of nitrogens with one attached hydrogen (secondary N) is 1. The Morgan fingerprint density at radius 2 is 1.94 bits per heavy atom. The molecule has 1 atom stereocenters. The summed E-state index contributed by atoms with van der Waals surface area (Å²) in [5.74, 6) is 0.754. The van der Waals surface area contributed by atoms with Crippen LogP contribution in [0.2, 0.25) is 0 Å². The van der Waals surface area contributed by atoms with Crippen LogP contribution in [0.4, 0.5) is 0 Å². The van der Waals surface area contributed by atoms with Crippen LogP contribution in [0.15, 0.2) is 21.1 Å². The van der Waals surface area contributed by atoms with Crippen molar-refractivity contribution in [3.63, 3.8) is 0 Å². The molecule has 4 nitrogen and oxygen atoms in total. The van der Waals surface area contributed by atoms with Crippen LogP contribution in [0.1, 0.15) is 5.56 Å². The summed E-state index contributed by atoms with van der Waals surface area (Å²) < 4.78 is 6.94. The zero-order valence-corrected chi connectivity index (χ0v) is 12.6. The predicted octanol–water partition coefficient (Wildman–Crippen LogP) is 1.66. The third-order valence-electron chi connectivity index (χ3n) is 2.18. The van der Waals surface area contributed by atoms with Crippen molar-refractivity contribution in [2.45, 2.75) is 12.6 Å². The highest BCUT2D eigenvalue weighted by Gasteiger charge is 2.08. The van der Waals surface area contributed by atoms with E-state index >= 15 is 0 Å². The molecule has 0 spiro atoms. The first-order valence-electron chi connectivity index (χ1n) is 5.10. The molecule has 6 heteroatoms. The van der Waals surface area contributed by atoms with Crippen LogP contribution < -0.4 is 10.1 Å². The number of aliphatic hydroxyl groups is 2. The van der Waals surface area contributed by atoms with Gasteiger partial charge in [-0.3, -0.25) is 0 Å². The second kappa shape index (κ2) is 7.33. The summed E-state index contributed by atoms with van der Waals surface area (Å²) in [5.41, 5.74) is 1.05. The van der Waals surface area contributed by atoms with Crippen molar-refractivity contribution in [1.29, 1.82) is 0 Å². The fourth-order valence-corrected chi connectivity index (χ4v) is 2.96. The Bertz CT molecular complexity index is 351. The highest BCUT2D eigenvalue weighted by Crippen LogP contribution is 2.34. The molecule has 0 aromatic heterocycles. The quantitative estimate of drug-likeness (QED) is 0.714. The summed E-state index contributed by atoms with van der Waals surface area (Å²) in [6, 6.07) is 3.89. The fourth-order valence-electron chi connectivity index (χ4n) is 1.36. The molecule has 17 heavy (non-hydrogen) atoms. The SMILES string of the molecule is COc1c(Br)cc(CNCC(O)CO)cc1Br. The molecular formula is C11H15Br2NO3. The number of ether oxygens (including phenoxy) is 1. The van der Waals surface area contributed by atoms with Gasteiger partial charge in [-0.25, -0.2) is 0 Å². The van der Waals surface area contributed by atoms with Gasteiger partial charge in [-0.2, -0.15) is 0 Å². The molecule has 0 amide bonds. The van der Waals surface area contributed by atoms with Gasteiger partial charge in [0.25, 0.3) is 0 Å². The molecule has 1 unspecified atom stereocenters. The van der Waals surface area contributed by atoms with Crippen molar-refractivity contribution < 1.29 is 14.9 Å². The van der Waals surface area contributed by atoms with Crippen molar-refractivity contribution in [2.75, 3.05) is 20.3 Å². The minimum Gasteiger partial charge on any atom is -0.494 e. The molecule has 1 aromatic carbocycles. The Morgan fingerprint density at radius 1 is 1.35 bits per heavy atom. The van der Waals surface area contributed by atoms with Gasteiger partial charge in [0.15, 0.2) is 0 Å². The van der Waals surface area contributed by atoms with Crippen LogP contribution in [-0.4, -0.2) is 36.6 Å². The first-order valence-corrected chi connectivity index (χ1v) is 6.68. The maximum atomic E-state index is 9.18. The smallest absolute Gasteiger partial charge is 0.147 e. The Hall–Kier alpha value is -0.140. The van der Waals surface area contributed by atoms with Gasteiger partial charge in [-0.1, -0.05) is 0 Å². The van der Waals surface area contributed by atoms with E-state index in [0.717, 1.165) is 20.3 Å². The average Bonchev–Trinajstić information content (AvgIpc) is 2.28. The zero-order valence-electron chi connectivity index (χ0n) is 9.41. The summed E-state index contributed by atoms with van der Waals surface area (Å²) in [6.07, 6.45) is -0.722. The van der Waals surface area contributed by atoms with Crippen molar-refractivity contribution in [2.24, 2.45) is 0 Å². The lowest BCUT2D eigenvalue weighted by atomic mass is 10.2. The third-order valence-corrected chi connectivity index (χ3v) is 3.36. The molecule has 96 valence electrons. The maximum absolute atomic E-state index is 9.18. The lowest BCUT2D eigenvalue weighted by molar-refractivity contribution is 0.0942. The van der Waals surface area contributed by atoms with Crippen LogP contribution in [-0.2, 0) is 6.54 Å². The number of halogens is 2. The molecule has 0 aliphatic rings. The first-order chi connectivity index (χ1) is 8.08. The van der Waals surface area contributed by atoms with Gasteiger partial charge >= 0.3 is 0 Å². The predicted molar refractivity (Wildman–Crippen MR) is 73.2 cm³/mol. The minimum atomic E-state index is -0.722. The van der Waals surface area contributed by atoms with E-state index in [1.807, 2.05) is 12.1 Å². The molecule has 0 radical (unpaired) electrons. The fraction of sp³-hybridized carbons (Fsp3) is 0.455. The number of aliphatic hydroxyl groups excluding tert-OH is 2. The number of benzene rings is 1. The van der Waals surface area contributed by atoms with Crippen LogP contribution in [0.3, 0.4) is 0 Å². The van der Waals surface area contributed by atoms with E-state index in [2.05, 4.69) is 37.2 Å². The van der Waals surface area contributed by atoms with E-state index in [1.54, 1.807) is 7.11 Å².